The van der Waals surface area contributed by atoms with E-state index in [0.29, 0.717) is 6.04 Å². The van der Waals surface area contributed by atoms with Crippen LogP contribution >= 0.6 is 11.3 Å². The first kappa shape index (κ1) is 16.5. The van der Waals surface area contributed by atoms with Gasteiger partial charge in [-0.25, -0.2) is 0 Å². The van der Waals surface area contributed by atoms with Crippen molar-refractivity contribution in [2.45, 2.75) is 50.8 Å². The zero-order valence-corrected chi connectivity index (χ0v) is 15.2. The largest absolute Gasteiger partial charge is 0.390 e. The fourth-order valence-electron chi connectivity index (χ4n) is 4.32. The van der Waals surface area contributed by atoms with Gasteiger partial charge in [-0.15, -0.1) is 11.3 Å². The van der Waals surface area contributed by atoms with Gasteiger partial charge in [0, 0.05) is 35.3 Å². The second kappa shape index (κ2) is 7.52. The van der Waals surface area contributed by atoms with E-state index in [9.17, 15) is 5.11 Å². The summed E-state index contributed by atoms with van der Waals surface area (Å²) in [7, 11) is 0. The minimum atomic E-state index is -0.203. The van der Waals surface area contributed by atoms with E-state index in [4.69, 9.17) is 0 Å². The van der Waals surface area contributed by atoms with Crippen LogP contribution in [0.15, 0.2) is 30.3 Å². The van der Waals surface area contributed by atoms with Crippen molar-refractivity contribution in [3.8, 4) is 0 Å². The number of fused-ring (bicyclic) bond motifs is 1. The van der Waals surface area contributed by atoms with Crippen molar-refractivity contribution in [1.29, 1.82) is 0 Å². The Morgan fingerprint density at radius 3 is 2.58 bits per heavy atom. The average Bonchev–Trinajstić information content (AvgIpc) is 2.79. The number of aliphatic hydroxyl groups excluding tert-OH is 1. The number of rotatable bonds is 3. The molecule has 1 N–H and O–H groups in total. The first-order valence-corrected chi connectivity index (χ1v) is 10.2. The number of nitrogens with zero attached hydrogens (tertiary/aromatic N) is 2. The molecule has 1 aromatic heterocycles. The molecule has 3 heterocycles. The molecule has 2 atom stereocenters. The van der Waals surface area contributed by atoms with Crippen molar-refractivity contribution < 1.29 is 5.11 Å². The Morgan fingerprint density at radius 1 is 1.04 bits per heavy atom. The van der Waals surface area contributed by atoms with Crippen molar-refractivity contribution in [1.82, 2.24) is 9.80 Å². The van der Waals surface area contributed by atoms with Crippen molar-refractivity contribution in [2.24, 2.45) is 0 Å². The van der Waals surface area contributed by atoms with Gasteiger partial charge in [0.05, 0.1) is 6.10 Å². The number of likely N-dealkylation sites (tertiary alicyclic amines) is 2. The summed E-state index contributed by atoms with van der Waals surface area (Å²) >= 11 is 1.89. The number of benzene rings is 1. The van der Waals surface area contributed by atoms with Crippen LogP contribution in [0, 0.1) is 0 Å². The third-order valence-electron chi connectivity index (χ3n) is 5.60. The van der Waals surface area contributed by atoms with Crippen LogP contribution in [0.3, 0.4) is 0 Å². The van der Waals surface area contributed by atoms with Gasteiger partial charge >= 0.3 is 0 Å². The summed E-state index contributed by atoms with van der Waals surface area (Å²) in [6.07, 6.45) is 6.22. The standard InChI is InChI=1S/C20H28N2OS/c23-19-15-21(12-9-18(19)22-10-5-1-2-6-11-22)14-17-13-16-7-3-4-8-20(16)24-17/h3-4,7-8,13,18-19,23H,1-2,5-6,9-12,14-15H2/t18-,19-/m1/s1. The molecule has 0 unspecified atom stereocenters. The summed E-state index contributed by atoms with van der Waals surface area (Å²) in [5, 5.41) is 12.1. The lowest BCUT2D eigenvalue weighted by molar-refractivity contribution is -0.0141. The van der Waals surface area contributed by atoms with Gasteiger partial charge in [0.15, 0.2) is 0 Å². The third-order valence-corrected chi connectivity index (χ3v) is 6.70. The second-order valence-corrected chi connectivity index (χ2v) is 8.53. The van der Waals surface area contributed by atoms with Crippen LogP contribution in [-0.4, -0.2) is 53.2 Å². The molecule has 130 valence electrons. The van der Waals surface area contributed by atoms with E-state index >= 15 is 0 Å². The molecule has 1 aromatic carbocycles. The van der Waals surface area contributed by atoms with Crippen LogP contribution in [0.5, 0.6) is 0 Å². The average molecular weight is 345 g/mol. The lowest BCUT2D eigenvalue weighted by atomic mass is 9.99. The molecule has 3 nitrogen and oxygen atoms in total. The molecule has 2 fully saturated rings. The van der Waals surface area contributed by atoms with Crippen molar-refractivity contribution in [2.75, 3.05) is 26.2 Å². The lowest BCUT2D eigenvalue weighted by Gasteiger charge is -2.41. The molecule has 2 aliphatic heterocycles. The molecule has 0 radical (unpaired) electrons. The molecule has 2 saturated heterocycles. The summed E-state index contributed by atoms with van der Waals surface area (Å²) < 4.78 is 1.37. The highest BCUT2D eigenvalue weighted by Gasteiger charge is 2.32. The molecule has 4 heteroatoms. The van der Waals surface area contributed by atoms with Gasteiger partial charge in [0.2, 0.25) is 0 Å². The quantitative estimate of drug-likeness (QED) is 0.919. The molecule has 0 amide bonds. The van der Waals surface area contributed by atoms with Crippen molar-refractivity contribution in [3.05, 3.63) is 35.2 Å². The Labute approximate surface area is 148 Å². The van der Waals surface area contributed by atoms with Gasteiger partial charge < -0.3 is 5.11 Å². The van der Waals surface area contributed by atoms with Gasteiger partial charge in [-0.2, -0.15) is 0 Å². The number of hydrogen-bond donors (Lipinski definition) is 1. The molecule has 0 bridgehead atoms. The van der Waals surface area contributed by atoms with Gasteiger partial charge in [-0.1, -0.05) is 31.0 Å². The summed E-state index contributed by atoms with van der Waals surface area (Å²) in [5.74, 6) is 0. The summed E-state index contributed by atoms with van der Waals surface area (Å²) in [6.45, 7) is 5.25. The van der Waals surface area contributed by atoms with E-state index in [-0.39, 0.29) is 6.10 Å². The maximum absolute atomic E-state index is 10.7. The Morgan fingerprint density at radius 2 is 1.83 bits per heavy atom. The minimum absolute atomic E-state index is 0.203. The van der Waals surface area contributed by atoms with E-state index < -0.39 is 0 Å². The fraction of sp³-hybridized carbons (Fsp3) is 0.600. The lowest BCUT2D eigenvalue weighted by Crippen LogP contribution is -2.54. The molecular weight excluding hydrogens is 316 g/mol. The highest BCUT2D eigenvalue weighted by Crippen LogP contribution is 2.28. The smallest absolute Gasteiger partial charge is 0.0822 e. The summed E-state index contributed by atoms with van der Waals surface area (Å²) in [6, 6.07) is 11.3. The Balaban J connectivity index is 1.37. The van der Waals surface area contributed by atoms with E-state index in [0.717, 1.165) is 26.1 Å². The molecule has 0 saturated carbocycles. The topological polar surface area (TPSA) is 26.7 Å². The van der Waals surface area contributed by atoms with E-state index in [1.807, 2.05) is 11.3 Å². The SMILES string of the molecule is O[C@@H]1CN(Cc2cc3ccccc3s2)CC[C@H]1N1CCCCCC1. The number of β-amino-alcohol motifs (C(OH)–C–C–N with tert-alkyl or cyclic N) is 1. The molecular formula is C20H28N2OS. The monoisotopic (exact) mass is 344 g/mol. The van der Waals surface area contributed by atoms with E-state index in [2.05, 4.69) is 40.1 Å². The minimum Gasteiger partial charge on any atom is -0.390 e. The van der Waals surface area contributed by atoms with Crippen LogP contribution in [-0.2, 0) is 6.54 Å². The summed E-state index contributed by atoms with van der Waals surface area (Å²) in [5.41, 5.74) is 0. The highest BCUT2D eigenvalue weighted by molar-refractivity contribution is 7.19. The molecule has 0 spiro atoms. The highest BCUT2D eigenvalue weighted by atomic mass is 32.1. The van der Waals surface area contributed by atoms with Crippen LogP contribution in [0.25, 0.3) is 10.1 Å². The van der Waals surface area contributed by atoms with E-state index in [1.54, 1.807) is 0 Å². The Hall–Kier alpha value is -0.940. The van der Waals surface area contributed by atoms with Crippen LogP contribution in [0.2, 0.25) is 0 Å². The number of piperidine rings is 1. The van der Waals surface area contributed by atoms with Gasteiger partial charge in [-0.3, -0.25) is 9.80 Å². The molecule has 24 heavy (non-hydrogen) atoms. The van der Waals surface area contributed by atoms with Crippen LogP contribution in [0.1, 0.15) is 37.0 Å². The van der Waals surface area contributed by atoms with Gasteiger partial charge in [0.1, 0.15) is 0 Å². The zero-order chi connectivity index (χ0) is 16.4. The maximum Gasteiger partial charge on any atom is 0.0822 e. The maximum atomic E-state index is 10.7. The Kier molecular flexibility index (Phi) is 5.18. The fourth-order valence-corrected chi connectivity index (χ4v) is 5.42. The summed E-state index contributed by atoms with van der Waals surface area (Å²) in [4.78, 5) is 6.41. The number of hydrogen-bond acceptors (Lipinski definition) is 4. The van der Waals surface area contributed by atoms with Gasteiger partial charge in [-0.05, 0) is 49.9 Å². The molecule has 2 aliphatic rings. The normalized spacial score (nSPS) is 27.4. The van der Waals surface area contributed by atoms with Crippen LogP contribution in [0.4, 0.5) is 0 Å². The first-order chi connectivity index (χ1) is 11.8. The second-order valence-electron chi connectivity index (χ2n) is 7.36. The first-order valence-electron chi connectivity index (χ1n) is 9.41. The predicted molar refractivity (Wildman–Crippen MR) is 102 cm³/mol. The van der Waals surface area contributed by atoms with E-state index in [1.165, 1.54) is 53.7 Å². The number of thiophene rings is 1. The zero-order valence-electron chi connectivity index (χ0n) is 14.4. The molecule has 0 aliphatic carbocycles. The van der Waals surface area contributed by atoms with Crippen LogP contribution < -0.4 is 0 Å². The van der Waals surface area contributed by atoms with Gasteiger partial charge in [0.25, 0.3) is 0 Å². The number of aliphatic hydroxyl groups is 1. The van der Waals surface area contributed by atoms with Crippen molar-refractivity contribution >= 4 is 21.4 Å². The predicted octanol–water partition coefficient (Wildman–Crippen LogP) is 3.71. The third kappa shape index (κ3) is 3.67. The van der Waals surface area contributed by atoms with Crippen molar-refractivity contribution in [3.63, 3.8) is 0 Å². The Bertz CT molecular complexity index is 629. The molecule has 2 aromatic rings. The molecule has 4 rings (SSSR count).